The highest BCUT2D eigenvalue weighted by atomic mass is 35.5. The summed E-state index contributed by atoms with van der Waals surface area (Å²) in [5, 5.41) is 4.16. The molecule has 2 atom stereocenters. The molecule has 0 radical (unpaired) electrons. The van der Waals surface area contributed by atoms with Crippen LogP contribution in [0.2, 0.25) is 5.02 Å². The van der Waals surface area contributed by atoms with Crippen molar-refractivity contribution in [1.29, 1.82) is 0 Å². The summed E-state index contributed by atoms with van der Waals surface area (Å²) in [6, 6.07) is 4.45. The van der Waals surface area contributed by atoms with Gasteiger partial charge in [-0.15, -0.1) is 0 Å². The number of hydrogen-bond acceptors (Lipinski definition) is 5. The Labute approximate surface area is 122 Å². The monoisotopic (exact) mass is 296 g/mol. The van der Waals surface area contributed by atoms with Crippen LogP contribution < -0.4 is 10.2 Å². The highest BCUT2D eigenvalue weighted by molar-refractivity contribution is 7.00. The zero-order valence-corrected chi connectivity index (χ0v) is 12.6. The van der Waals surface area contributed by atoms with E-state index >= 15 is 0 Å². The van der Waals surface area contributed by atoms with Crippen LogP contribution in [0.4, 0.5) is 5.69 Å². The van der Waals surface area contributed by atoms with Gasteiger partial charge in [0.1, 0.15) is 11.0 Å². The van der Waals surface area contributed by atoms with E-state index in [-0.39, 0.29) is 0 Å². The second-order valence-electron chi connectivity index (χ2n) is 5.14. The van der Waals surface area contributed by atoms with Crippen molar-refractivity contribution in [1.82, 2.24) is 14.1 Å². The third-order valence-electron chi connectivity index (χ3n) is 3.94. The van der Waals surface area contributed by atoms with Crippen molar-refractivity contribution < 1.29 is 0 Å². The van der Waals surface area contributed by atoms with Gasteiger partial charge in [0.2, 0.25) is 0 Å². The summed E-state index contributed by atoms with van der Waals surface area (Å²) < 4.78 is 8.71. The number of fused-ring (bicyclic) bond motifs is 1. The standard InChI is InChI=1S/C13H17ClN4S/c1-8-7-18(6-5-10(8)15-2)13-9(14)3-4-11-12(13)17-19-16-11/h3-4,8,10,15H,5-7H2,1-2H3. The summed E-state index contributed by atoms with van der Waals surface area (Å²) in [6.45, 7) is 4.29. The van der Waals surface area contributed by atoms with Crippen LogP contribution in [-0.2, 0) is 0 Å². The SMILES string of the molecule is CNC1CCN(c2c(Cl)ccc3nsnc23)CC1C. The fourth-order valence-electron chi connectivity index (χ4n) is 2.89. The minimum Gasteiger partial charge on any atom is -0.368 e. The second kappa shape index (κ2) is 5.23. The van der Waals surface area contributed by atoms with Crippen molar-refractivity contribution in [3.05, 3.63) is 17.2 Å². The van der Waals surface area contributed by atoms with Gasteiger partial charge in [0.25, 0.3) is 0 Å². The van der Waals surface area contributed by atoms with Crippen molar-refractivity contribution in [2.75, 3.05) is 25.0 Å². The molecule has 2 unspecified atom stereocenters. The molecule has 2 heterocycles. The number of nitrogens with one attached hydrogen (secondary N) is 1. The van der Waals surface area contributed by atoms with Crippen LogP contribution in [0.3, 0.4) is 0 Å². The lowest BCUT2D eigenvalue weighted by molar-refractivity contribution is 0.339. The third-order valence-corrected chi connectivity index (χ3v) is 4.79. The molecule has 1 aromatic heterocycles. The average molecular weight is 297 g/mol. The first-order chi connectivity index (χ1) is 9.20. The van der Waals surface area contributed by atoms with Crippen LogP contribution in [0.1, 0.15) is 13.3 Å². The number of halogens is 1. The van der Waals surface area contributed by atoms with Gasteiger partial charge in [-0.05, 0) is 31.5 Å². The minimum absolute atomic E-state index is 0.586. The van der Waals surface area contributed by atoms with Gasteiger partial charge in [-0.3, -0.25) is 0 Å². The Morgan fingerprint density at radius 2 is 2.26 bits per heavy atom. The number of rotatable bonds is 2. The van der Waals surface area contributed by atoms with Crippen LogP contribution in [0.25, 0.3) is 11.0 Å². The number of nitrogens with zero attached hydrogens (tertiary/aromatic N) is 3. The molecule has 0 aliphatic carbocycles. The fraction of sp³-hybridized carbons (Fsp3) is 0.538. The zero-order chi connectivity index (χ0) is 13.4. The quantitative estimate of drug-likeness (QED) is 0.925. The summed E-state index contributed by atoms with van der Waals surface area (Å²) in [4.78, 5) is 2.35. The molecule has 4 nitrogen and oxygen atoms in total. The summed E-state index contributed by atoms with van der Waals surface area (Å²) in [5.41, 5.74) is 2.93. The van der Waals surface area contributed by atoms with Crippen molar-refractivity contribution >= 4 is 40.0 Å². The predicted octanol–water partition coefficient (Wildman–Crippen LogP) is 2.78. The van der Waals surface area contributed by atoms with Gasteiger partial charge in [-0.25, -0.2) is 0 Å². The molecule has 2 aromatic rings. The number of hydrogen-bond donors (Lipinski definition) is 1. The molecule has 6 heteroatoms. The highest BCUT2D eigenvalue weighted by Gasteiger charge is 2.27. The van der Waals surface area contributed by atoms with E-state index in [0.717, 1.165) is 41.3 Å². The topological polar surface area (TPSA) is 41.0 Å². The molecule has 19 heavy (non-hydrogen) atoms. The van der Waals surface area contributed by atoms with E-state index in [1.54, 1.807) is 0 Å². The lowest BCUT2D eigenvalue weighted by atomic mass is 9.93. The average Bonchev–Trinajstić information content (AvgIpc) is 2.86. The van der Waals surface area contributed by atoms with Crippen molar-refractivity contribution in [3.63, 3.8) is 0 Å². The Bertz CT molecular complexity index is 585. The smallest absolute Gasteiger partial charge is 0.129 e. The number of benzene rings is 1. The van der Waals surface area contributed by atoms with Gasteiger partial charge in [-0.1, -0.05) is 18.5 Å². The maximum atomic E-state index is 6.39. The first-order valence-electron chi connectivity index (χ1n) is 6.53. The van der Waals surface area contributed by atoms with E-state index in [1.165, 1.54) is 11.7 Å². The molecule has 1 N–H and O–H groups in total. The predicted molar refractivity (Wildman–Crippen MR) is 81.3 cm³/mol. The van der Waals surface area contributed by atoms with Crippen LogP contribution in [0.5, 0.6) is 0 Å². The normalized spacial score (nSPS) is 24.1. The molecule has 1 aliphatic rings. The van der Waals surface area contributed by atoms with E-state index in [4.69, 9.17) is 11.6 Å². The van der Waals surface area contributed by atoms with Crippen LogP contribution in [0.15, 0.2) is 12.1 Å². The van der Waals surface area contributed by atoms with E-state index in [2.05, 4.69) is 25.9 Å². The maximum Gasteiger partial charge on any atom is 0.129 e. The second-order valence-corrected chi connectivity index (χ2v) is 6.07. The summed E-state index contributed by atoms with van der Waals surface area (Å²) in [7, 11) is 2.04. The molecule has 0 amide bonds. The zero-order valence-electron chi connectivity index (χ0n) is 11.1. The number of piperidine rings is 1. The summed E-state index contributed by atoms with van der Waals surface area (Å²) >= 11 is 7.64. The van der Waals surface area contributed by atoms with Gasteiger partial charge in [0.15, 0.2) is 0 Å². The number of anilines is 1. The van der Waals surface area contributed by atoms with Gasteiger partial charge in [0, 0.05) is 19.1 Å². The highest BCUT2D eigenvalue weighted by Crippen LogP contribution is 2.35. The first kappa shape index (κ1) is 13.1. The van der Waals surface area contributed by atoms with Crippen molar-refractivity contribution in [2.45, 2.75) is 19.4 Å². The van der Waals surface area contributed by atoms with Crippen LogP contribution >= 0.6 is 23.3 Å². The Kier molecular flexibility index (Phi) is 3.60. The molecular weight excluding hydrogens is 280 g/mol. The van der Waals surface area contributed by atoms with Gasteiger partial charge < -0.3 is 10.2 Å². The molecule has 1 saturated heterocycles. The van der Waals surface area contributed by atoms with E-state index in [9.17, 15) is 0 Å². The molecule has 3 rings (SSSR count). The molecule has 1 fully saturated rings. The summed E-state index contributed by atoms with van der Waals surface area (Å²) in [5.74, 6) is 0.594. The van der Waals surface area contributed by atoms with Crippen LogP contribution in [-0.4, -0.2) is 34.9 Å². The molecule has 0 bridgehead atoms. The lowest BCUT2D eigenvalue weighted by Gasteiger charge is -2.38. The van der Waals surface area contributed by atoms with E-state index in [1.807, 2.05) is 19.2 Å². The number of aromatic nitrogens is 2. The molecule has 1 aromatic carbocycles. The third kappa shape index (κ3) is 2.30. The van der Waals surface area contributed by atoms with E-state index < -0.39 is 0 Å². The Morgan fingerprint density at radius 3 is 3.00 bits per heavy atom. The Hall–Kier alpha value is -0.910. The minimum atomic E-state index is 0.586. The van der Waals surface area contributed by atoms with Crippen molar-refractivity contribution in [3.8, 4) is 0 Å². The Morgan fingerprint density at radius 1 is 1.42 bits per heavy atom. The van der Waals surface area contributed by atoms with Gasteiger partial charge in [0.05, 0.1) is 22.4 Å². The van der Waals surface area contributed by atoms with E-state index in [0.29, 0.717) is 12.0 Å². The summed E-state index contributed by atoms with van der Waals surface area (Å²) in [6.07, 6.45) is 1.13. The molecule has 0 saturated carbocycles. The largest absolute Gasteiger partial charge is 0.368 e. The fourth-order valence-corrected chi connectivity index (χ4v) is 3.70. The van der Waals surface area contributed by atoms with Crippen molar-refractivity contribution in [2.24, 2.45) is 5.92 Å². The molecule has 0 spiro atoms. The van der Waals surface area contributed by atoms with Crippen LogP contribution in [0, 0.1) is 5.92 Å². The first-order valence-corrected chi connectivity index (χ1v) is 7.64. The molecular formula is C13H17ClN4S. The Balaban J connectivity index is 1.96. The lowest BCUT2D eigenvalue weighted by Crippen LogP contribution is -2.47. The molecule has 102 valence electrons. The maximum absolute atomic E-state index is 6.39. The van der Waals surface area contributed by atoms with Gasteiger partial charge >= 0.3 is 0 Å². The van der Waals surface area contributed by atoms with Gasteiger partial charge in [-0.2, -0.15) is 8.75 Å². The molecule has 1 aliphatic heterocycles.